The molecule has 1 amide bonds. The fourth-order valence-corrected chi connectivity index (χ4v) is 2.84. The molecule has 1 N–H and O–H groups in total. The van der Waals surface area contributed by atoms with Crippen LogP contribution >= 0.6 is 11.6 Å². The molecule has 0 fully saturated rings. The Labute approximate surface area is 160 Å². The van der Waals surface area contributed by atoms with Crippen LogP contribution in [0.3, 0.4) is 0 Å². The first-order valence-electron chi connectivity index (χ1n) is 8.76. The molecule has 26 heavy (non-hydrogen) atoms. The summed E-state index contributed by atoms with van der Waals surface area (Å²) in [6, 6.07) is 14.8. The minimum Gasteiger partial charge on any atom is -0.497 e. The standard InChI is InChI=1S/C21H26ClNO3/c1-14(2)13-19(16-9-11-17(25-4)12-10-16)23-21(24)15(3)26-20-8-6-5-7-18(20)22/h5-12,14-15,19H,13H2,1-4H3,(H,23,24)/t15-,19+/m1/s1. The Hall–Kier alpha value is -2.20. The van der Waals surface area contributed by atoms with Crippen molar-refractivity contribution in [2.24, 2.45) is 5.92 Å². The van der Waals surface area contributed by atoms with Crippen molar-refractivity contribution < 1.29 is 14.3 Å². The Kier molecular flexibility index (Phi) is 7.34. The Balaban J connectivity index is 2.08. The predicted molar refractivity (Wildman–Crippen MR) is 105 cm³/mol. The van der Waals surface area contributed by atoms with E-state index < -0.39 is 6.10 Å². The van der Waals surface area contributed by atoms with E-state index >= 15 is 0 Å². The first-order valence-corrected chi connectivity index (χ1v) is 9.14. The molecule has 2 aromatic carbocycles. The van der Waals surface area contributed by atoms with Crippen LogP contribution in [0.1, 0.15) is 38.8 Å². The van der Waals surface area contributed by atoms with Crippen molar-refractivity contribution in [3.63, 3.8) is 0 Å². The smallest absolute Gasteiger partial charge is 0.261 e. The van der Waals surface area contributed by atoms with Crippen LogP contribution in [-0.2, 0) is 4.79 Å². The van der Waals surface area contributed by atoms with Crippen LogP contribution in [0, 0.1) is 5.92 Å². The number of hydrogen-bond acceptors (Lipinski definition) is 3. The second-order valence-electron chi connectivity index (χ2n) is 6.65. The van der Waals surface area contributed by atoms with Crippen molar-refractivity contribution in [3.8, 4) is 11.5 Å². The van der Waals surface area contributed by atoms with Gasteiger partial charge in [-0.25, -0.2) is 0 Å². The van der Waals surface area contributed by atoms with Crippen LogP contribution in [0.15, 0.2) is 48.5 Å². The second kappa shape index (κ2) is 9.48. The molecule has 4 nitrogen and oxygen atoms in total. The minimum atomic E-state index is -0.650. The van der Waals surface area contributed by atoms with E-state index in [1.165, 1.54) is 0 Å². The second-order valence-corrected chi connectivity index (χ2v) is 7.06. The summed E-state index contributed by atoms with van der Waals surface area (Å²) in [5.74, 6) is 1.55. The third-order valence-electron chi connectivity index (χ3n) is 4.05. The Morgan fingerprint density at radius 1 is 1.08 bits per heavy atom. The van der Waals surface area contributed by atoms with Gasteiger partial charge in [0.05, 0.1) is 18.2 Å². The summed E-state index contributed by atoms with van der Waals surface area (Å²) in [7, 11) is 1.64. The first-order chi connectivity index (χ1) is 12.4. The molecular weight excluding hydrogens is 350 g/mol. The molecule has 2 rings (SSSR count). The number of rotatable bonds is 8. The molecular formula is C21H26ClNO3. The Morgan fingerprint density at radius 3 is 2.31 bits per heavy atom. The molecule has 0 aliphatic carbocycles. The highest BCUT2D eigenvalue weighted by atomic mass is 35.5. The molecule has 2 aromatic rings. The maximum absolute atomic E-state index is 12.6. The average molecular weight is 376 g/mol. The lowest BCUT2D eigenvalue weighted by Gasteiger charge is -2.24. The molecule has 0 bridgehead atoms. The van der Waals surface area contributed by atoms with Crippen molar-refractivity contribution in [3.05, 3.63) is 59.1 Å². The Morgan fingerprint density at radius 2 is 1.73 bits per heavy atom. The van der Waals surface area contributed by atoms with Gasteiger partial charge in [-0.1, -0.05) is 49.7 Å². The number of methoxy groups -OCH3 is 1. The van der Waals surface area contributed by atoms with Gasteiger partial charge in [0.25, 0.3) is 5.91 Å². The van der Waals surface area contributed by atoms with E-state index in [0.29, 0.717) is 16.7 Å². The number of carbonyl (C=O) groups excluding carboxylic acids is 1. The summed E-state index contributed by atoms with van der Waals surface area (Å²) < 4.78 is 10.9. The van der Waals surface area contributed by atoms with Gasteiger partial charge in [0.2, 0.25) is 0 Å². The maximum atomic E-state index is 12.6. The van der Waals surface area contributed by atoms with Crippen molar-refractivity contribution in [2.45, 2.75) is 39.3 Å². The highest BCUT2D eigenvalue weighted by Gasteiger charge is 2.22. The Bertz CT molecular complexity index is 715. The number of hydrogen-bond donors (Lipinski definition) is 1. The van der Waals surface area contributed by atoms with Gasteiger partial charge in [-0.15, -0.1) is 0 Å². The number of halogens is 1. The van der Waals surface area contributed by atoms with Gasteiger partial charge in [0, 0.05) is 0 Å². The summed E-state index contributed by atoms with van der Waals surface area (Å²) in [5.41, 5.74) is 1.04. The number of benzene rings is 2. The van der Waals surface area contributed by atoms with Gasteiger partial charge in [-0.2, -0.15) is 0 Å². The average Bonchev–Trinajstić information content (AvgIpc) is 2.62. The monoisotopic (exact) mass is 375 g/mol. The van der Waals surface area contributed by atoms with Crippen molar-refractivity contribution in [1.82, 2.24) is 5.32 Å². The normalized spacial score (nSPS) is 13.2. The number of nitrogens with one attached hydrogen (secondary N) is 1. The van der Waals surface area contributed by atoms with Gasteiger partial charge in [0.1, 0.15) is 11.5 Å². The van der Waals surface area contributed by atoms with Crippen LogP contribution in [0.25, 0.3) is 0 Å². The fraction of sp³-hybridized carbons (Fsp3) is 0.381. The van der Waals surface area contributed by atoms with Crippen molar-refractivity contribution >= 4 is 17.5 Å². The van der Waals surface area contributed by atoms with E-state index in [2.05, 4.69) is 19.2 Å². The molecule has 0 heterocycles. The zero-order valence-electron chi connectivity index (χ0n) is 15.7. The molecule has 0 unspecified atom stereocenters. The fourth-order valence-electron chi connectivity index (χ4n) is 2.66. The number of carbonyl (C=O) groups is 1. The van der Waals surface area contributed by atoms with Crippen LogP contribution in [-0.4, -0.2) is 19.1 Å². The largest absolute Gasteiger partial charge is 0.497 e. The van der Waals surface area contributed by atoms with Crippen LogP contribution in [0.2, 0.25) is 5.02 Å². The molecule has 0 radical (unpaired) electrons. The summed E-state index contributed by atoms with van der Waals surface area (Å²) in [6.45, 7) is 5.98. The molecule has 0 spiro atoms. The summed E-state index contributed by atoms with van der Waals surface area (Å²) in [6.07, 6.45) is 0.180. The molecule has 5 heteroatoms. The highest BCUT2D eigenvalue weighted by Crippen LogP contribution is 2.26. The molecule has 0 aliphatic rings. The maximum Gasteiger partial charge on any atom is 0.261 e. The third-order valence-corrected chi connectivity index (χ3v) is 4.36. The molecule has 0 aromatic heterocycles. The topological polar surface area (TPSA) is 47.6 Å². The van der Waals surface area contributed by atoms with Crippen molar-refractivity contribution in [2.75, 3.05) is 7.11 Å². The highest BCUT2D eigenvalue weighted by molar-refractivity contribution is 6.32. The summed E-state index contributed by atoms with van der Waals surface area (Å²) >= 11 is 6.10. The zero-order chi connectivity index (χ0) is 19.1. The molecule has 2 atom stereocenters. The van der Waals surface area contributed by atoms with Crippen LogP contribution in [0.5, 0.6) is 11.5 Å². The van der Waals surface area contributed by atoms with Gasteiger partial charge in [-0.05, 0) is 49.1 Å². The lowest BCUT2D eigenvalue weighted by Crippen LogP contribution is -2.39. The van der Waals surface area contributed by atoms with E-state index in [0.717, 1.165) is 17.7 Å². The van der Waals surface area contributed by atoms with Gasteiger partial charge in [-0.3, -0.25) is 4.79 Å². The van der Waals surface area contributed by atoms with Gasteiger partial charge >= 0.3 is 0 Å². The number of para-hydroxylation sites is 1. The summed E-state index contributed by atoms with van der Waals surface area (Å²) in [4.78, 5) is 12.6. The van der Waals surface area contributed by atoms with E-state index in [1.807, 2.05) is 36.4 Å². The van der Waals surface area contributed by atoms with E-state index in [1.54, 1.807) is 26.2 Å². The van der Waals surface area contributed by atoms with E-state index in [-0.39, 0.29) is 11.9 Å². The van der Waals surface area contributed by atoms with Gasteiger partial charge in [0.15, 0.2) is 6.10 Å². The lowest BCUT2D eigenvalue weighted by molar-refractivity contribution is -0.128. The van der Waals surface area contributed by atoms with Crippen LogP contribution < -0.4 is 14.8 Å². The number of ether oxygens (including phenoxy) is 2. The zero-order valence-corrected chi connectivity index (χ0v) is 16.4. The number of amides is 1. The molecule has 0 saturated carbocycles. The van der Waals surface area contributed by atoms with Crippen molar-refractivity contribution in [1.29, 1.82) is 0 Å². The quantitative estimate of drug-likeness (QED) is 0.704. The summed E-state index contributed by atoms with van der Waals surface area (Å²) in [5, 5.41) is 3.58. The van der Waals surface area contributed by atoms with Gasteiger partial charge < -0.3 is 14.8 Å². The predicted octanol–water partition coefficient (Wildman–Crippen LogP) is 5.02. The van der Waals surface area contributed by atoms with E-state index in [4.69, 9.17) is 21.1 Å². The molecule has 0 saturated heterocycles. The third kappa shape index (κ3) is 5.67. The lowest BCUT2D eigenvalue weighted by atomic mass is 9.96. The van der Waals surface area contributed by atoms with E-state index in [9.17, 15) is 4.79 Å². The first kappa shape index (κ1) is 20.1. The minimum absolute atomic E-state index is 0.0919. The van der Waals surface area contributed by atoms with Crippen LogP contribution in [0.4, 0.5) is 0 Å². The SMILES string of the molecule is COc1ccc([C@H](CC(C)C)NC(=O)[C@@H](C)Oc2ccccc2Cl)cc1. The molecule has 0 aliphatic heterocycles. The molecule has 140 valence electrons.